The second-order valence-corrected chi connectivity index (χ2v) is 5.28. The van der Waals surface area contributed by atoms with Crippen molar-refractivity contribution in [3.63, 3.8) is 0 Å². The van der Waals surface area contributed by atoms with E-state index in [4.69, 9.17) is 0 Å². The van der Waals surface area contributed by atoms with E-state index >= 15 is 0 Å². The molecule has 0 bridgehead atoms. The molecule has 1 unspecified atom stereocenters. The molecule has 1 aromatic carbocycles. The monoisotopic (exact) mass is 260 g/mol. The second-order valence-electron chi connectivity index (χ2n) is 5.28. The molecule has 1 aliphatic rings. The number of nitrogens with one attached hydrogen (secondary N) is 2. The van der Waals surface area contributed by atoms with Crippen molar-refractivity contribution in [2.75, 3.05) is 11.9 Å². The Bertz CT molecular complexity index is 400. The SMILES string of the molecule is CCCCc1ccc(NC2CCCCNC2=O)cc1. The Labute approximate surface area is 115 Å². The number of aryl methyl sites for hydroxylation is 1. The normalized spacial score (nSPS) is 19.6. The summed E-state index contributed by atoms with van der Waals surface area (Å²) in [7, 11) is 0. The van der Waals surface area contributed by atoms with E-state index in [-0.39, 0.29) is 11.9 Å². The van der Waals surface area contributed by atoms with Crippen molar-refractivity contribution in [1.29, 1.82) is 0 Å². The minimum atomic E-state index is -0.0796. The third-order valence-corrected chi connectivity index (χ3v) is 3.65. The van der Waals surface area contributed by atoms with Gasteiger partial charge in [-0.05, 0) is 49.8 Å². The zero-order valence-corrected chi connectivity index (χ0v) is 11.7. The molecular weight excluding hydrogens is 236 g/mol. The van der Waals surface area contributed by atoms with Crippen LogP contribution in [0.2, 0.25) is 0 Å². The van der Waals surface area contributed by atoms with E-state index in [1.165, 1.54) is 18.4 Å². The Hall–Kier alpha value is -1.51. The molecule has 2 N–H and O–H groups in total. The molecule has 3 nitrogen and oxygen atoms in total. The van der Waals surface area contributed by atoms with Gasteiger partial charge >= 0.3 is 0 Å². The molecule has 1 atom stereocenters. The molecule has 104 valence electrons. The fraction of sp³-hybridized carbons (Fsp3) is 0.562. The predicted molar refractivity (Wildman–Crippen MR) is 79.3 cm³/mol. The van der Waals surface area contributed by atoms with Gasteiger partial charge in [-0.1, -0.05) is 25.5 Å². The second kappa shape index (κ2) is 7.17. The quantitative estimate of drug-likeness (QED) is 0.854. The Morgan fingerprint density at radius 2 is 2.05 bits per heavy atom. The summed E-state index contributed by atoms with van der Waals surface area (Å²) in [5.41, 5.74) is 2.42. The summed E-state index contributed by atoms with van der Waals surface area (Å²) < 4.78 is 0. The summed E-state index contributed by atoms with van der Waals surface area (Å²) in [4.78, 5) is 11.9. The van der Waals surface area contributed by atoms with E-state index in [2.05, 4.69) is 41.8 Å². The molecule has 1 aliphatic heterocycles. The van der Waals surface area contributed by atoms with Gasteiger partial charge in [0.2, 0.25) is 5.91 Å². The van der Waals surface area contributed by atoms with Crippen LogP contribution in [0.4, 0.5) is 5.69 Å². The van der Waals surface area contributed by atoms with Crippen molar-refractivity contribution in [2.45, 2.75) is 51.5 Å². The van der Waals surface area contributed by atoms with Gasteiger partial charge in [-0.3, -0.25) is 4.79 Å². The third kappa shape index (κ3) is 4.27. The Balaban J connectivity index is 1.92. The summed E-state index contributed by atoms with van der Waals surface area (Å²) in [6.07, 6.45) is 6.70. The Morgan fingerprint density at radius 1 is 1.26 bits per heavy atom. The molecule has 0 saturated carbocycles. The van der Waals surface area contributed by atoms with Gasteiger partial charge < -0.3 is 10.6 Å². The highest BCUT2D eigenvalue weighted by Gasteiger charge is 2.19. The third-order valence-electron chi connectivity index (χ3n) is 3.65. The molecule has 0 spiro atoms. The zero-order valence-electron chi connectivity index (χ0n) is 11.7. The van der Waals surface area contributed by atoms with Crippen LogP contribution in [0.1, 0.15) is 44.6 Å². The van der Waals surface area contributed by atoms with Crippen LogP contribution in [0.15, 0.2) is 24.3 Å². The van der Waals surface area contributed by atoms with Crippen molar-refractivity contribution in [2.24, 2.45) is 0 Å². The van der Waals surface area contributed by atoms with Crippen molar-refractivity contribution in [3.8, 4) is 0 Å². The van der Waals surface area contributed by atoms with E-state index in [9.17, 15) is 4.79 Å². The van der Waals surface area contributed by atoms with Crippen molar-refractivity contribution >= 4 is 11.6 Å². The van der Waals surface area contributed by atoms with Gasteiger partial charge in [0.15, 0.2) is 0 Å². The van der Waals surface area contributed by atoms with Gasteiger partial charge in [-0.15, -0.1) is 0 Å². The summed E-state index contributed by atoms with van der Waals surface area (Å²) in [6.45, 7) is 3.02. The highest BCUT2D eigenvalue weighted by molar-refractivity contribution is 5.84. The molecular formula is C16H24N2O. The van der Waals surface area contributed by atoms with Gasteiger partial charge in [0.1, 0.15) is 6.04 Å². The standard InChI is InChI=1S/C16H24N2O/c1-2-3-6-13-8-10-14(11-9-13)18-15-7-4-5-12-17-16(15)19/h8-11,15,18H,2-7,12H2,1H3,(H,17,19). The predicted octanol–water partition coefficient (Wildman–Crippen LogP) is 3.11. The summed E-state index contributed by atoms with van der Waals surface area (Å²) in [6, 6.07) is 8.41. The van der Waals surface area contributed by atoms with E-state index in [1.807, 2.05) is 0 Å². The highest BCUT2D eigenvalue weighted by atomic mass is 16.2. The lowest BCUT2D eigenvalue weighted by molar-refractivity contribution is -0.121. The molecule has 0 aliphatic carbocycles. The number of benzene rings is 1. The van der Waals surface area contributed by atoms with E-state index in [1.54, 1.807) is 0 Å². The number of unbranched alkanes of at least 4 members (excludes halogenated alkanes) is 1. The van der Waals surface area contributed by atoms with Crippen LogP contribution in [0.5, 0.6) is 0 Å². The van der Waals surface area contributed by atoms with Gasteiger partial charge in [-0.2, -0.15) is 0 Å². The first-order valence-corrected chi connectivity index (χ1v) is 7.43. The molecule has 1 aromatic rings. The van der Waals surface area contributed by atoms with Crippen LogP contribution in [0.3, 0.4) is 0 Å². The molecule has 19 heavy (non-hydrogen) atoms. The first-order chi connectivity index (χ1) is 9.29. The van der Waals surface area contributed by atoms with E-state index in [0.29, 0.717) is 0 Å². The van der Waals surface area contributed by atoms with Gasteiger partial charge in [-0.25, -0.2) is 0 Å². The van der Waals surface area contributed by atoms with Crippen LogP contribution in [-0.4, -0.2) is 18.5 Å². The topological polar surface area (TPSA) is 41.1 Å². The molecule has 1 fully saturated rings. The molecule has 1 amide bonds. The number of rotatable bonds is 5. The van der Waals surface area contributed by atoms with Gasteiger partial charge in [0, 0.05) is 12.2 Å². The van der Waals surface area contributed by atoms with Crippen LogP contribution < -0.4 is 10.6 Å². The van der Waals surface area contributed by atoms with Crippen LogP contribution in [0.25, 0.3) is 0 Å². The fourth-order valence-electron chi connectivity index (χ4n) is 2.43. The van der Waals surface area contributed by atoms with Crippen molar-refractivity contribution in [3.05, 3.63) is 29.8 Å². The lowest BCUT2D eigenvalue weighted by atomic mass is 10.1. The van der Waals surface area contributed by atoms with Crippen molar-refractivity contribution < 1.29 is 4.79 Å². The number of amides is 1. The van der Waals surface area contributed by atoms with E-state index < -0.39 is 0 Å². The maximum Gasteiger partial charge on any atom is 0.242 e. The van der Waals surface area contributed by atoms with Crippen LogP contribution >= 0.6 is 0 Å². The first kappa shape index (κ1) is 13.9. The summed E-state index contributed by atoms with van der Waals surface area (Å²) in [5.74, 6) is 0.132. The minimum Gasteiger partial charge on any atom is -0.374 e. The lowest BCUT2D eigenvalue weighted by Gasteiger charge is -2.16. The minimum absolute atomic E-state index is 0.0796. The number of hydrogen-bond donors (Lipinski definition) is 2. The van der Waals surface area contributed by atoms with Crippen molar-refractivity contribution in [1.82, 2.24) is 5.32 Å². The average Bonchev–Trinajstić information content (AvgIpc) is 2.63. The van der Waals surface area contributed by atoms with E-state index in [0.717, 1.165) is 37.9 Å². The van der Waals surface area contributed by atoms with Gasteiger partial charge in [0.05, 0.1) is 0 Å². The number of anilines is 1. The number of hydrogen-bond acceptors (Lipinski definition) is 2. The number of carbonyl (C=O) groups excluding carboxylic acids is 1. The number of carbonyl (C=O) groups is 1. The maximum atomic E-state index is 11.9. The van der Waals surface area contributed by atoms with Gasteiger partial charge in [0.25, 0.3) is 0 Å². The zero-order chi connectivity index (χ0) is 13.5. The highest BCUT2D eigenvalue weighted by Crippen LogP contribution is 2.15. The first-order valence-electron chi connectivity index (χ1n) is 7.43. The molecule has 3 heteroatoms. The maximum absolute atomic E-state index is 11.9. The average molecular weight is 260 g/mol. The molecule has 1 heterocycles. The summed E-state index contributed by atoms with van der Waals surface area (Å²) >= 11 is 0. The summed E-state index contributed by atoms with van der Waals surface area (Å²) in [5, 5.41) is 6.29. The fourth-order valence-corrected chi connectivity index (χ4v) is 2.43. The largest absolute Gasteiger partial charge is 0.374 e. The molecule has 2 rings (SSSR count). The Morgan fingerprint density at radius 3 is 2.79 bits per heavy atom. The Kier molecular flexibility index (Phi) is 5.25. The van der Waals surface area contributed by atoms with Crippen LogP contribution in [0, 0.1) is 0 Å². The molecule has 0 radical (unpaired) electrons. The molecule has 0 aromatic heterocycles. The smallest absolute Gasteiger partial charge is 0.242 e. The van der Waals surface area contributed by atoms with Crippen LogP contribution in [-0.2, 0) is 11.2 Å². The lowest BCUT2D eigenvalue weighted by Crippen LogP contribution is -2.37. The molecule has 1 saturated heterocycles.